The highest BCUT2D eigenvalue weighted by molar-refractivity contribution is 5.78. The highest BCUT2D eigenvalue weighted by atomic mass is 16.5. The summed E-state index contributed by atoms with van der Waals surface area (Å²) in [5.74, 6) is 0.244. The molecular formula is C11H19NO3. The molecule has 1 aliphatic heterocycles. The smallest absolute Gasteiger partial charge is 0.338 e. The Labute approximate surface area is 90.2 Å². The van der Waals surface area contributed by atoms with E-state index in [4.69, 9.17) is 0 Å². The molecule has 3 unspecified atom stereocenters. The van der Waals surface area contributed by atoms with E-state index in [0.717, 1.165) is 12.5 Å². The minimum Gasteiger partial charge on any atom is -0.467 e. The lowest BCUT2D eigenvalue weighted by Crippen LogP contribution is -2.49. The van der Waals surface area contributed by atoms with Gasteiger partial charge in [0.15, 0.2) is 5.60 Å². The predicted molar refractivity (Wildman–Crippen MR) is 55.3 cm³/mol. The topological polar surface area (TPSA) is 49.8 Å². The normalized spacial score (nSPS) is 34.1. The van der Waals surface area contributed by atoms with Crippen LogP contribution in [0.1, 0.15) is 26.2 Å². The Kier molecular flexibility index (Phi) is 2.73. The van der Waals surface area contributed by atoms with E-state index >= 15 is 0 Å². The van der Waals surface area contributed by atoms with Crippen molar-refractivity contribution in [2.75, 3.05) is 20.2 Å². The average Bonchev–Trinajstić information content (AvgIpc) is 2.77. The van der Waals surface area contributed by atoms with Gasteiger partial charge in [0.05, 0.1) is 7.11 Å². The monoisotopic (exact) mass is 213 g/mol. The molecule has 2 bridgehead atoms. The molecule has 4 nitrogen and oxygen atoms in total. The summed E-state index contributed by atoms with van der Waals surface area (Å²) < 4.78 is 4.59. The van der Waals surface area contributed by atoms with E-state index in [1.807, 2.05) is 0 Å². The first-order valence-corrected chi connectivity index (χ1v) is 5.58. The van der Waals surface area contributed by atoms with Crippen LogP contribution in [0.25, 0.3) is 0 Å². The number of nitrogens with zero attached hydrogens (tertiary/aromatic N) is 1. The van der Waals surface area contributed by atoms with E-state index in [9.17, 15) is 9.90 Å². The molecule has 0 aromatic rings. The summed E-state index contributed by atoms with van der Waals surface area (Å²) in [7, 11) is 1.31. The number of piperidine rings is 1. The summed E-state index contributed by atoms with van der Waals surface area (Å²) >= 11 is 0. The van der Waals surface area contributed by atoms with Gasteiger partial charge in [0.1, 0.15) is 0 Å². The lowest BCUT2D eigenvalue weighted by atomic mass is 10.0. The number of hydrogen-bond donors (Lipinski definition) is 1. The van der Waals surface area contributed by atoms with E-state index in [2.05, 4.69) is 9.64 Å². The summed E-state index contributed by atoms with van der Waals surface area (Å²) in [6.45, 7) is 2.96. The molecule has 2 aliphatic rings. The van der Waals surface area contributed by atoms with Gasteiger partial charge in [-0.05, 0) is 32.1 Å². The van der Waals surface area contributed by atoms with E-state index in [0.29, 0.717) is 12.6 Å². The average molecular weight is 213 g/mol. The van der Waals surface area contributed by atoms with Crippen LogP contribution >= 0.6 is 0 Å². The molecular weight excluding hydrogens is 194 g/mol. The van der Waals surface area contributed by atoms with Gasteiger partial charge in [-0.1, -0.05) is 0 Å². The van der Waals surface area contributed by atoms with Crippen molar-refractivity contribution in [2.45, 2.75) is 37.8 Å². The maximum absolute atomic E-state index is 11.3. The van der Waals surface area contributed by atoms with Gasteiger partial charge in [0.25, 0.3) is 0 Å². The number of esters is 1. The van der Waals surface area contributed by atoms with Gasteiger partial charge < -0.3 is 9.84 Å². The first-order chi connectivity index (χ1) is 7.03. The molecule has 1 aliphatic carbocycles. The molecule has 3 atom stereocenters. The molecule has 0 aromatic heterocycles. The third-order valence-corrected chi connectivity index (χ3v) is 3.66. The largest absolute Gasteiger partial charge is 0.467 e. The molecule has 1 heterocycles. The summed E-state index contributed by atoms with van der Waals surface area (Å²) in [4.78, 5) is 13.6. The molecule has 15 heavy (non-hydrogen) atoms. The van der Waals surface area contributed by atoms with Crippen LogP contribution in [0.15, 0.2) is 0 Å². The Morgan fingerprint density at radius 2 is 2.33 bits per heavy atom. The van der Waals surface area contributed by atoms with E-state index in [1.165, 1.54) is 33.3 Å². The SMILES string of the molecule is COC(=O)C(C)(O)CN1CC2CCC1C2. The number of rotatable bonds is 3. The van der Waals surface area contributed by atoms with E-state index < -0.39 is 11.6 Å². The van der Waals surface area contributed by atoms with Gasteiger partial charge in [-0.2, -0.15) is 0 Å². The van der Waals surface area contributed by atoms with E-state index in [-0.39, 0.29) is 0 Å². The van der Waals surface area contributed by atoms with Crippen molar-refractivity contribution in [2.24, 2.45) is 5.92 Å². The maximum Gasteiger partial charge on any atom is 0.338 e. The number of carbonyl (C=O) groups is 1. The molecule has 0 aromatic carbocycles. The van der Waals surface area contributed by atoms with Crippen LogP contribution in [-0.2, 0) is 9.53 Å². The number of ether oxygens (including phenoxy) is 1. The minimum atomic E-state index is -1.36. The standard InChI is InChI=1S/C11H19NO3/c1-11(14,10(13)15-2)7-12-6-8-3-4-9(12)5-8/h8-9,14H,3-7H2,1-2H3. The third kappa shape index (κ3) is 2.01. The second kappa shape index (κ2) is 3.76. The Morgan fingerprint density at radius 1 is 1.60 bits per heavy atom. The second-order valence-electron chi connectivity index (χ2n) is 5.03. The van der Waals surface area contributed by atoms with Crippen molar-refractivity contribution < 1.29 is 14.6 Å². The van der Waals surface area contributed by atoms with Gasteiger partial charge in [0.2, 0.25) is 0 Å². The van der Waals surface area contributed by atoms with Crippen LogP contribution < -0.4 is 0 Å². The van der Waals surface area contributed by atoms with Gasteiger partial charge in [0, 0.05) is 19.1 Å². The number of β-amino-alcohol motifs (C(OH)–C–C–N with tert-alkyl or cyclic N) is 1. The number of hydrogen-bond acceptors (Lipinski definition) is 4. The second-order valence-corrected chi connectivity index (χ2v) is 5.03. The van der Waals surface area contributed by atoms with Gasteiger partial charge in [-0.15, -0.1) is 0 Å². The quantitative estimate of drug-likeness (QED) is 0.689. The van der Waals surface area contributed by atoms with Crippen molar-refractivity contribution in [1.82, 2.24) is 4.90 Å². The van der Waals surface area contributed by atoms with Crippen LogP contribution in [0.3, 0.4) is 0 Å². The zero-order chi connectivity index (χ0) is 11.1. The van der Waals surface area contributed by atoms with Crippen molar-refractivity contribution in [1.29, 1.82) is 0 Å². The van der Waals surface area contributed by atoms with Crippen LogP contribution in [0.2, 0.25) is 0 Å². The number of methoxy groups -OCH3 is 1. The molecule has 0 spiro atoms. The predicted octanol–water partition coefficient (Wildman–Crippen LogP) is 0.395. The van der Waals surface area contributed by atoms with Crippen LogP contribution in [0.5, 0.6) is 0 Å². The Morgan fingerprint density at radius 3 is 2.80 bits per heavy atom. The molecule has 86 valence electrons. The highest BCUT2D eigenvalue weighted by Crippen LogP contribution is 2.37. The molecule has 4 heteroatoms. The maximum atomic E-state index is 11.3. The fourth-order valence-electron chi connectivity index (χ4n) is 2.90. The Bertz CT molecular complexity index is 265. The number of likely N-dealkylation sites (tertiary alicyclic amines) is 1. The van der Waals surface area contributed by atoms with Crippen molar-refractivity contribution in [3.8, 4) is 0 Å². The van der Waals surface area contributed by atoms with Gasteiger partial charge in [-0.25, -0.2) is 4.79 Å². The summed E-state index contributed by atoms with van der Waals surface area (Å²) in [6.07, 6.45) is 3.75. The molecule has 2 rings (SSSR count). The van der Waals surface area contributed by atoms with Crippen LogP contribution in [0.4, 0.5) is 0 Å². The highest BCUT2D eigenvalue weighted by Gasteiger charge is 2.42. The number of fused-ring (bicyclic) bond motifs is 2. The molecule has 2 fully saturated rings. The number of carbonyl (C=O) groups excluding carboxylic acids is 1. The first-order valence-electron chi connectivity index (χ1n) is 5.58. The van der Waals surface area contributed by atoms with Crippen LogP contribution in [0, 0.1) is 5.92 Å². The number of aliphatic hydroxyl groups is 1. The lowest BCUT2D eigenvalue weighted by Gasteiger charge is -2.32. The zero-order valence-corrected chi connectivity index (χ0v) is 9.40. The van der Waals surface area contributed by atoms with Crippen molar-refractivity contribution in [3.63, 3.8) is 0 Å². The molecule has 1 N–H and O–H groups in total. The fourth-order valence-corrected chi connectivity index (χ4v) is 2.90. The first kappa shape index (κ1) is 10.9. The summed E-state index contributed by atoms with van der Waals surface area (Å²) in [6, 6.07) is 0.575. The molecule has 1 saturated carbocycles. The molecule has 0 amide bonds. The minimum absolute atomic E-state index is 0.404. The zero-order valence-electron chi connectivity index (χ0n) is 9.40. The van der Waals surface area contributed by atoms with Crippen LogP contribution in [-0.4, -0.2) is 47.8 Å². The van der Waals surface area contributed by atoms with Gasteiger partial charge >= 0.3 is 5.97 Å². The molecule has 1 saturated heterocycles. The van der Waals surface area contributed by atoms with E-state index in [1.54, 1.807) is 0 Å². The van der Waals surface area contributed by atoms with Crippen molar-refractivity contribution >= 4 is 5.97 Å². The fraction of sp³-hybridized carbons (Fsp3) is 0.909. The van der Waals surface area contributed by atoms with Crippen molar-refractivity contribution in [3.05, 3.63) is 0 Å². The Hall–Kier alpha value is -0.610. The Balaban J connectivity index is 1.94. The van der Waals surface area contributed by atoms with Gasteiger partial charge in [-0.3, -0.25) is 4.90 Å². The third-order valence-electron chi connectivity index (χ3n) is 3.66. The summed E-state index contributed by atoms with van der Waals surface area (Å²) in [5.41, 5.74) is -1.36. The summed E-state index contributed by atoms with van der Waals surface area (Å²) in [5, 5.41) is 9.96. The lowest BCUT2D eigenvalue weighted by molar-refractivity contribution is -0.162. The molecule has 0 radical (unpaired) electrons.